The summed E-state index contributed by atoms with van der Waals surface area (Å²) in [5.74, 6) is 0.847. The zero-order valence-electron chi connectivity index (χ0n) is 14.6. The first-order valence-corrected chi connectivity index (χ1v) is 8.48. The molecule has 1 N–H and O–H groups in total. The van der Waals surface area contributed by atoms with Crippen LogP contribution in [0, 0.1) is 0 Å². The first-order chi connectivity index (χ1) is 11.2. The van der Waals surface area contributed by atoms with Gasteiger partial charge in [-0.25, -0.2) is 0 Å². The third-order valence-electron chi connectivity index (χ3n) is 3.61. The van der Waals surface area contributed by atoms with Gasteiger partial charge < -0.3 is 19.7 Å². The maximum Gasteiger partial charge on any atom is 0.224 e. The van der Waals surface area contributed by atoms with Gasteiger partial charge in [-0.1, -0.05) is 26.0 Å². The summed E-state index contributed by atoms with van der Waals surface area (Å²) in [5.41, 5.74) is 0.980. The molecular formula is C18H30N2O3. The molecule has 5 heteroatoms. The van der Waals surface area contributed by atoms with E-state index in [1.807, 2.05) is 31.2 Å². The van der Waals surface area contributed by atoms with Crippen LogP contribution in [0.3, 0.4) is 0 Å². The molecule has 0 atom stereocenters. The first kappa shape index (κ1) is 19.5. The van der Waals surface area contributed by atoms with Crippen LogP contribution in [-0.2, 0) is 16.0 Å². The second kappa shape index (κ2) is 11.9. The lowest BCUT2D eigenvalue weighted by molar-refractivity contribution is -0.120. The molecule has 0 fully saturated rings. The van der Waals surface area contributed by atoms with Crippen LogP contribution in [0.15, 0.2) is 24.3 Å². The molecule has 0 radical (unpaired) electrons. The fourth-order valence-electron chi connectivity index (χ4n) is 2.22. The van der Waals surface area contributed by atoms with E-state index >= 15 is 0 Å². The van der Waals surface area contributed by atoms with Crippen molar-refractivity contribution >= 4 is 5.91 Å². The summed E-state index contributed by atoms with van der Waals surface area (Å²) in [7, 11) is 0. The Morgan fingerprint density at radius 1 is 1.09 bits per heavy atom. The van der Waals surface area contributed by atoms with Crippen molar-refractivity contribution in [1.29, 1.82) is 0 Å². The Labute approximate surface area is 140 Å². The third kappa shape index (κ3) is 8.57. The van der Waals surface area contributed by atoms with Gasteiger partial charge in [-0.05, 0) is 37.7 Å². The van der Waals surface area contributed by atoms with Gasteiger partial charge in [0.2, 0.25) is 5.91 Å². The highest BCUT2D eigenvalue weighted by molar-refractivity contribution is 5.78. The molecule has 130 valence electrons. The summed E-state index contributed by atoms with van der Waals surface area (Å²) < 4.78 is 10.9. The topological polar surface area (TPSA) is 50.8 Å². The number of hydrogen-bond donors (Lipinski definition) is 1. The van der Waals surface area contributed by atoms with Crippen LogP contribution in [0.4, 0.5) is 0 Å². The lowest BCUT2D eigenvalue weighted by Crippen LogP contribution is -2.30. The van der Waals surface area contributed by atoms with Gasteiger partial charge in [-0.15, -0.1) is 0 Å². The molecule has 0 aromatic heterocycles. The lowest BCUT2D eigenvalue weighted by Gasteiger charge is -2.17. The molecule has 1 rings (SSSR count). The summed E-state index contributed by atoms with van der Waals surface area (Å²) in [6.07, 6.45) is 0.381. The second-order valence-electron chi connectivity index (χ2n) is 5.24. The second-order valence-corrected chi connectivity index (χ2v) is 5.24. The molecular weight excluding hydrogens is 292 g/mol. The van der Waals surface area contributed by atoms with E-state index in [9.17, 15) is 4.79 Å². The molecule has 0 saturated heterocycles. The van der Waals surface area contributed by atoms with Gasteiger partial charge in [0.1, 0.15) is 5.75 Å². The molecule has 0 aliphatic heterocycles. The average molecular weight is 322 g/mol. The molecule has 0 saturated carbocycles. The summed E-state index contributed by atoms with van der Waals surface area (Å²) in [4.78, 5) is 14.2. The Morgan fingerprint density at radius 3 is 2.39 bits per heavy atom. The van der Waals surface area contributed by atoms with Gasteiger partial charge in [0.25, 0.3) is 0 Å². The Hall–Kier alpha value is -1.59. The predicted molar refractivity (Wildman–Crippen MR) is 92.9 cm³/mol. The number of amides is 1. The van der Waals surface area contributed by atoms with Gasteiger partial charge in [0.15, 0.2) is 0 Å². The van der Waals surface area contributed by atoms with Crippen molar-refractivity contribution in [2.45, 2.75) is 27.2 Å². The predicted octanol–water partition coefficient (Wildman–Crippen LogP) is 2.10. The normalized spacial score (nSPS) is 10.8. The highest BCUT2D eigenvalue weighted by Gasteiger charge is 2.03. The molecule has 0 aliphatic rings. The van der Waals surface area contributed by atoms with Crippen molar-refractivity contribution in [2.75, 3.05) is 46.0 Å². The molecule has 0 unspecified atom stereocenters. The Morgan fingerprint density at radius 2 is 1.78 bits per heavy atom. The number of likely N-dealkylation sites (N-methyl/N-ethyl adjacent to an activating group) is 1. The molecule has 1 aromatic rings. The van der Waals surface area contributed by atoms with Crippen molar-refractivity contribution in [3.63, 3.8) is 0 Å². The molecule has 0 bridgehead atoms. The van der Waals surface area contributed by atoms with E-state index in [0.717, 1.165) is 30.9 Å². The minimum atomic E-state index is 0.0153. The Kier molecular flexibility index (Phi) is 10.1. The van der Waals surface area contributed by atoms with Crippen molar-refractivity contribution < 1.29 is 14.3 Å². The summed E-state index contributed by atoms with van der Waals surface area (Å²) >= 11 is 0. The number of carbonyl (C=O) groups excluding carboxylic acids is 1. The standard InChI is InChI=1S/C18H30N2O3/c1-4-20(5-2)12-14-22-13-11-19-18(21)15-16-7-9-17(10-8-16)23-6-3/h7-10H,4-6,11-15H2,1-3H3,(H,19,21). The van der Waals surface area contributed by atoms with E-state index in [1.165, 1.54) is 0 Å². The van der Waals surface area contributed by atoms with Crippen LogP contribution >= 0.6 is 0 Å². The van der Waals surface area contributed by atoms with Crippen LogP contribution < -0.4 is 10.1 Å². The van der Waals surface area contributed by atoms with Gasteiger partial charge in [0.05, 0.1) is 26.2 Å². The first-order valence-electron chi connectivity index (χ1n) is 8.48. The maximum absolute atomic E-state index is 11.9. The summed E-state index contributed by atoms with van der Waals surface area (Å²) in [6, 6.07) is 7.63. The number of nitrogens with one attached hydrogen (secondary N) is 1. The maximum atomic E-state index is 11.9. The highest BCUT2D eigenvalue weighted by atomic mass is 16.5. The molecule has 0 aliphatic carbocycles. The molecule has 5 nitrogen and oxygen atoms in total. The van der Waals surface area contributed by atoms with E-state index in [-0.39, 0.29) is 5.91 Å². The average Bonchev–Trinajstić information content (AvgIpc) is 2.56. The van der Waals surface area contributed by atoms with Crippen LogP contribution in [0.2, 0.25) is 0 Å². The quantitative estimate of drug-likeness (QED) is 0.599. The van der Waals surface area contributed by atoms with E-state index in [0.29, 0.717) is 32.8 Å². The zero-order valence-corrected chi connectivity index (χ0v) is 14.6. The fraction of sp³-hybridized carbons (Fsp3) is 0.611. The van der Waals surface area contributed by atoms with Crippen LogP contribution in [0.25, 0.3) is 0 Å². The summed E-state index contributed by atoms with van der Waals surface area (Å²) in [6.45, 7) is 11.7. The van der Waals surface area contributed by atoms with Gasteiger partial charge in [-0.2, -0.15) is 0 Å². The van der Waals surface area contributed by atoms with Crippen LogP contribution in [0.5, 0.6) is 5.75 Å². The summed E-state index contributed by atoms with van der Waals surface area (Å²) in [5, 5.41) is 2.88. The van der Waals surface area contributed by atoms with Crippen LogP contribution in [-0.4, -0.2) is 56.8 Å². The number of rotatable bonds is 12. The monoisotopic (exact) mass is 322 g/mol. The molecule has 1 aromatic carbocycles. The number of carbonyl (C=O) groups is 1. The van der Waals surface area contributed by atoms with Crippen LogP contribution in [0.1, 0.15) is 26.3 Å². The van der Waals surface area contributed by atoms with Gasteiger partial charge >= 0.3 is 0 Å². The van der Waals surface area contributed by atoms with E-state index in [4.69, 9.17) is 9.47 Å². The van der Waals surface area contributed by atoms with Crippen molar-refractivity contribution in [2.24, 2.45) is 0 Å². The Balaban J connectivity index is 2.12. The molecule has 0 spiro atoms. The number of hydrogen-bond acceptors (Lipinski definition) is 4. The van der Waals surface area contributed by atoms with Crippen molar-refractivity contribution in [3.8, 4) is 5.75 Å². The fourth-order valence-corrected chi connectivity index (χ4v) is 2.22. The van der Waals surface area contributed by atoms with E-state index in [1.54, 1.807) is 0 Å². The lowest BCUT2D eigenvalue weighted by atomic mass is 10.1. The largest absolute Gasteiger partial charge is 0.494 e. The minimum Gasteiger partial charge on any atom is -0.494 e. The molecule has 23 heavy (non-hydrogen) atoms. The molecule has 1 amide bonds. The van der Waals surface area contributed by atoms with E-state index in [2.05, 4.69) is 24.1 Å². The SMILES string of the molecule is CCOc1ccc(CC(=O)NCCOCCN(CC)CC)cc1. The number of benzene rings is 1. The third-order valence-corrected chi connectivity index (χ3v) is 3.61. The van der Waals surface area contributed by atoms with Gasteiger partial charge in [0, 0.05) is 13.1 Å². The minimum absolute atomic E-state index is 0.0153. The van der Waals surface area contributed by atoms with E-state index < -0.39 is 0 Å². The smallest absolute Gasteiger partial charge is 0.224 e. The van der Waals surface area contributed by atoms with Gasteiger partial charge in [-0.3, -0.25) is 4.79 Å². The van der Waals surface area contributed by atoms with Crippen molar-refractivity contribution in [1.82, 2.24) is 10.2 Å². The van der Waals surface area contributed by atoms with Crippen molar-refractivity contribution in [3.05, 3.63) is 29.8 Å². The Bertz CT molecular complexity index is 430. The number of ether oxygens (including phenoxy) is 2. The zero-order chi connectivity index (χ0) is 16.9. The molecule has 0 heterocycles. The highest BCUT2D eigenvalue weighted by Crippen LogP contribution is 2.12. The number of nitrogens with zero attached hydrogens (tertiary/aromatic N) is 1.